The highest BCUT2D eigenvalue weighted by molar-refractivity contribution is 6.09. The lowest BCUT2D eigenvalue weighted by molar-refractivity contribution is 0.0731. The van der Waals surface area contributed by atoms with Gasteiger partial charge in [0.25, 0.3) is 5.91 Å². The number of nitrogens with zero attached hydrogens (tertiary/aromatic N) is 2. The minimum atomic E-state index is -0.408. The molecule has 4 rings (SSSR count). The topological polar surface area (TPSA) is 65.7 Å². The maximum Gasteiger partial charge on any atom is 0.256 e. The van der Waals surface area contributed by atoms with Crippen LogP contribution in [0.5, 0.6) is 5.75 Å². The molecular formula is C22H21FN2O3. The van der Waals surface area contributed by atoms with E-state index >= 15 is 0 Å². The fourth-order valence-electron chi connectivity index (χ4n) is 3.92. The number of phenolic OH excluding ortho intramolecular Hbond substituents is 1. The molecule has 0 aliphatic carbocycles. The number of aromatic nitrogens is 1. The quantitative estimate of drug-likeness (QED) is 0.667. The van der Waals surface area contributed by atoms with Gasteiger partial charge in [0.1, 0.15) is 17.3 Å². The van der Waals surface area contributed by atoms with Gasteiger partial charge in [0.2, 0.25) is 0 Å². The molecule has 0 radical (unpaired) electrons. The molecule has 1 saturated heterocycles. The molecule has 3 aromatic rings. The molecule has 2 heterocycles. The van der Waals surface area contributed by atoms with E-state index in [1.165, 1.54) is 12.1 Å². The van der Waals surface area contributed by atoms with Gasteiger partial charge in [-0.15, -0.1) is 0 Å². The number of benzene rings is 2. The maximum absolute atomic E-state index is 13.2. The number of carbonyl (C=O) groups is 1. The van der Waals surface area contributed by atoms with Gasteiger partial charge in [0.15, 0.2) is 0 Å². The molecule has 2 aromatic carbocycles. The predicted molar refractivity (Wildman–Crippen MR) is 105 cm³/mol. The van der Waals surface area contributed by atoms with Crippen molar-refractivity contribution in [1.29, 1.82) is 0 Å². The highest BCUT2D eigenvalue weighted by Crippen LogP contribution is 2.33. The third kappa shape index (κ3) is 3.11. The Hall–Kier alpha value is -3.28. The molecule has 1 unspecified atom stereocenters. The number of aliphatic hydroxyl groups is 1. The molecule has 1 aliphatic rings. The molecule has 0 saturated carbocycles. The van der Waals surface area contributed by atoms with E-state index in [-0.39, 0.29) is 23.2 Å². The van der Waals surface area contributed by atoms with Crippen LogP contribution in [0.2, 0.25) is 0 Å². The van der Waals surface area contributed by atoms with Gasteiger partial charge in [-0.2, -0.15) is 0 Å². The summed E-state index contributed by atoms with van der Waals surface area (Å²) in [7, 11) is 0. The summed E-state index contributed by atoms with van der Waals surface area (Å²) in [4.78, 5) is 14.8. The predicted octanol–water partition coefficient (Wildman–Crippen LogP) is 4.21. The first-order valence-electron chi connectivity index (χ1n) is 9.19. The number of carbonyl (C=O) groups excluding carboxylic acids is 1. The van der Waals surface area contributed by atoms with Crippen LogP contribution in [0.15, 0.2) is 61.0 Å². The lowest BCUT2D eigenvalue weighted by atomic mass is 10.1. The van der Waals surface area contributed by atoms with Gasteiger partial charge in [0, 0.05) is 19.3 Å². The number of phenols is 1. The third-order valence-electron chi connectivity index (χ3n) is 5.28. The Morgan fingerprint density at radius 3 is 2.68 bits per heavy atom. The lowest BCUT2D eigenvalue weighted by Crippen LogP contribution is -2.36. The average molecular weight is 380 g/mol. The summed E-state index contributed by atoms with van der Waals surface area (Å²) in [6.07, 6.45) is 3.17. The molecule has 0 bridgehead atoms. The van der Waals surface area contributed by atoms with Gasteiger partial charge in [-0.1, -0.05) is 24.8 Å². The first-order chi connectivity index (χ1) is 13.5. The van der Waals surface area contributed by atoms with E-state index in [0.29, 0.717) is 36.0 Å². The van der Waals surface area contributed by atoms with E-state index in [2.05, 4.69) is 6.58 Å². The first-order valence-corrected chi connectivity index (χ1v) is 9.19. The van der Waals surface area contributed by atoms with E-state index in [1.807, 2.05) is 10.6 Å². The second-order valence-electron chi connectivity index (χ2n) is 7.12. The largest absolute Gasteiger partial charge is 0.511 e. The molecule has 5 nitrogen and oxygen atoms in total. The summed E-state index contributed by atoms with van der Waals surface area (Å²) >= 11 is 0. The van der Waals surface area contributed by atoms with Crippen LogP contribution in [0.25, 0.3) is 10.9 Å². The summed E-state index contributed by atoms with van der Waals surface area (Å²) in [6.45, 7) is 4.55. The van der Waals surface area contributed by atoms with Crippen molar-refractivity contribution in [3.8, 4) is 5.75 Å². The van der Waals surface area contributed by atoms with Crippen LogP contribution >= 0.6 is 0 Å². The first kappa shape index (κ1) is 18.1. The van der Waals surface area contributed by atoms with E-state index in [4.69, 9.17) is 0 Å². The maximum atomic E-state index is 13.2. The highest BCUT2D eigenvalue weighted by atomic mass is 19.1. The van der Waals surface area contributed by atoms with Crippen LogP contribution in [0.1, 0.15) is 28.8 Å². The van der Waals surface area contributed by atoms with Crippen LogP contribution in [-0.2, 0) is 6.54 Å². The van der Waals surface area contributed by atoms with Gasteiger partial charge in [-0.05, 0) is 42.7 Å². The monoisotopic (exact) mass is 380 g/mol. The molecule has 1 atom stereocenters. The zero-order valence-corrected chi connectivity index (χ0v) is 15.3. The summed E-state index contributed by atoms with van der Waals surface area (Å²) < 4.78 is 15.1. The van der Waals surface area contributed by atoms with Crippen molar-refractivity contribution in [2.75, 3.05) is 6.54 Å². The van der Waals surface area contributed by atoms with Gasteiger partial charge >= 0.3 is 0 Å². The minimum Gasteiger partial charge on any atom is -0.511 e. The number of aromatic hydroxyl groups is 1. The molecule has 28 heavy (non-hydrogen) atoms. The van der Waals surface area contributed by atoms with Crippen molar-refractivity contribution >= 4 is 16.8 Å². The number of hydrogen-bond acceptors (Lipinski definition) is 3. The number of likely N-dealkylation sites (tertiary alicyclic amines) is 1. The molecule has 0 spiro atoms. The average Bonchev–Trinajstić information content (AvgIpc) is 3.29. The summed E-state index contributed by atoms with van der Waals surface area (Å²) in [5.74, 6) is -0.552. The fourth-order valence-corrected chi connectivity index (χ4v) is 3.92. The molecular weight excluding hydrogens is 359 g/mol. The number of amides is 1. The van der Waals surface area contributed by atoms with Crippen LogP contribution in [0.3, 0.4) is 0 Å². The Labute approximate surface area is 161 Å². The molecule has 1 amide bonds. The van der Waals surface area contributed by atoms with Gasteiger partial charge < -0.3 is 19.7 Å². The number of hydrogen-bond donors (Lipinski definition) is 2. The number of aliphatic hydroxyl groups excluding tert-OH is 1. The van der Waals surface area contributed by atoms with Gasteiger partial charge in [-0.3, -0.25) is 4.79 Å². The van der Waals surface area contributed by atoms with Crippen molar-refractivity contribution in [2.45, 2.75) is 25.4 Å². The van der Waals surface area contributed by atoms with Crippen molar-refractivity contribution in [3.05, 3.63) is 77.9 Å². The summed E-state index contributed by atoms with van der Waals surface area (Å²) in [5, 5.41) is 20.7. The Morgan fingerprint density at radius 1 is 1.21 bits per heavy atom. The lowest BCUT2D eigenvalue weighted by Gasteiger charge is -2.23. The van der Waals surface area contributed by atoms with Gasteiger partial charge in [0.05, 0.1) is 22.5 Å². The minimum absolute atomic E-state index is 0.0230. The van der Waals surface area contributed by atoms with E-state index in [0.717, 1.165) is 12.0 Å². The second kappa shape index (κ2) is 7.03. The number of fused-ring (bicyclic) bond motifs is 1. The number of rotatable bonds is 4. The van der Waals surface area contributed by atoms with E-state index < -0.39 is 6.04 Å². The van der Waals surface area contributed by atoms with Crippen LogP contribution in [-0.4, -0.2) is 38.2 Å². The smallest absolute Gasteiger partial charge is 0.256 e. The SMILES string of the molecule is C=C(O)C1CCCN1C(=O)c1cn(Cc2ccc(F)cc2)c2cccc(O)c12. The summed E-state index contributed by atoms with van der Waals surface area (Å²) in [6, 6.07) is 10.9. The molecule has 1 aromatic heterocycles. The fraction of sp³-hybridized carbons (Fsp3) is 0.227. The van der Waals surface area contributed by atoms with Crippen molar-refractivity contribution in [1.82, 2.24) is 9.47 Å². The third-order valence-corrected chi connectivity index (χ3v) is 5.28. The van der Waals surface area contributed by atoms with Crippen LogP contribution in [0, 0.1) is 5.82 Å². The van der Waals surface area contributed by atoms with E-state index in [1.54, 1.807) is 35.4 Å². The molecule has 1 fully saturated rings. The Kier molecular flexibility index (Phi) is 4.55. The van der Waals surface area contributed by atoms with Crippen molar-refractivity contribution in [3.63, 3.8) is 0 Å². The molecule has 2 N–H and O–H groups in total. The molecule has 1 aliphatic heterocycles. The van der Waals surface area contributed by atoms with Gasteiger partial charge in [-0.25, -0.2) is 4.39 Å². The Bertz CT molecular complexity index is 1060. The Balaban J connectivity index is 1.77. The summed E-state index contributed by atoms with van der Waals surface area (Å²) in [5.41, 5.74) is 1.97. The molecule has 6 heteroatoms. The normalized spacial score (nSPS) is 16.6. The number of halogens is 1. The zero-order valence-electron chi connectivity index (χ0n) is 15.3. The van der Waals surface area contributed by atoms with Crippen LogP contribution in [0.4, 0.5) is 4.39 Å². The standard InChI is InChI=1S/C22H21FN2O3/c1-14(26)18-5-3-11-25(18)22(28)17-13-24(12-15-7-9-16(23)10-8-15)19-4-2-6-20(27)21(17)19/h2,4,6-10,13,18,26-27H,1,3,5,11-12H2. The van der Waals surface area contributed by atoms with Crippen molar-refractivity contribution in [2.24, 2.45) is 0 Å². The van der Waals surface area contributed by atoms with Crippen LogP contribution < -0.4 is 0 Å². The second-order valence-corrected chi connectivity index (χ2v) is 7.12. The van der Waals surface area contributed by atoms with Crippen molar-refractivity contribution < 1.29 is 19.4 Å². The zero-order chi connectivity index (χ0) is 19.8. The molecule has 144 valence electrons. The Morgan fingerprint density at radius 2 is 1.96 bits per heavy atom. The van der Waals surface area contributed by atoms with E-state index in [9.17, 15) is 19.4 Å². The highest BCUT2D eigenvalue weighted by Gasteiger charge is 2.33.